The third-order valence-electron chi connectivity index (χ3n) is 3.24. The van der Waals surface area contributed by atoms with Crippen LogP contribution in [-0.2, 0) is 10.0 Å². The lowest BCUT2D eigenvalue weighted by atomic mass is 10.2. The summed E-state index contributed by atoms with van der Waals surface area (Å²) in [4.78, 5) is 0.186. The number of ether oxygens (including phenoxy) is 2. The molecular weight excluding hydrogens is 350 g/mol. The molecule has 0 saturated carbocycles. The average molecular weight is 370 g/mol. The summed E-state index contributed by atoms with van der Waals surface area (Å²) in [6.45, 7) is 4.66. The van der Waals surface area contributed by atoms with Crippen molar-refractivity contribution in [3.8, 4) is 11.5 Å². The molecule has 5 nitrogen and oxygen atoms in total. The summed E-state index contributed by atoms with van der Waals surface area (Å²) in [5.41, 5.74) is 0.713. The van der Waals surface area contributed by atoms with Crippen molar-refractivity contribution in [1.29, 1.82) is 0 Å². The Balaban J connectivity index is 1.85. The summed E-state index contributed by atoms with van der Waals surface area (Å²) in [7, 11) is -3.58. The van der Waals surface area contributed by atoms with Crippen molar-refractivity contribution in [2.75, 3.05) is 19.8 Å². The normalized spacial score (nSPS) is 11.3. The first-order valence-electron chi connectivity index (χ1n) is 7.54. The van der Waals surface area contributed by atoms with E-state index in [0.29, 0.717) is 22.9 Å². The van der Waals surface area contributed by atoms with Crippen molar-refractivity contribution in [2.24, 2.45) is 0 Å². The van der Waals surface area contributed by atoms with Crippen molar-refractivity contribution < 1.29 is 17.9 Å². The van der Waals surface area contributed by atoms with E-state index >= 15 is 0 Å². The fourth-order valence-electron chi connectivity index (χ4n) is 2.01. The van der Waals surface area contributed by atoms with Crippen LogP contribution >= 0.6 is 11.6 Å². The highest BCUT2D eigenvalue weighted by molar-refractivity contribution is 7.89. The van der Waals surface area contributed by atoms with Gasteiger partial charge in [-0.2, -0.15) is 0 Å². The molecule has 0 aliphatic rings. The summed E-state index contributed by atoms with van der Waals surface area (Å²) < 4.78 is 37.7. The summed E-state index contributed by atoms with van der Waals surface area (Å²) >= 11 is 5.91. The molecule has 0 saturated heterocycles. The Kier molecular flexibility index (Phi) is 6.48. The molecule has 2 aromatic carbocycles. The molecule has 0 unspecified atom stereocenters. The first-order valence-corrected chi connectivity index (χ1v) is 9.40. The van der Waals surface area contributed by atoms with Crippen LogP contribution in [0.25, 0.3) is 0 Å². The summed E-state index contributed by atoms with van der Waals surface area (Å²) in [6, 6.07) is 11.8. The lowest BCUT2D eigenvalue weighted by Gasteiger charge is -2.10. The van der Waals surface area contributed by atoms with Crippen molar-refractivity contribution in [3.63, 3.8) is 0 Å². The molecule has 0 aliphatic heterocycles. The number of hydrogen-bond donors (Lipinski definition) is 1. The first kappa shape index (κ1) is 18.6. The summed E-state index contributed by atoms with van der Waals surface area (Å²) in [6.07, 6.45) is 0. The maximum absolute atomic E-state index is 12.2. The second kappa shape index (κ2) is 8.37. The van der Waals surface area contributed by atoms with Crippen LogP contribution in [0.15, 0.2) is 47.4 Å². The zero-order valence-corrected chi connectivity index (χ0v) is 15.2. The van der Waals surface area contributed by atoms with E-state index in [4.69, 9.17) is 21.1 Å². The van der Waals surface area contributed by atoms with Gasteiger partial charge in [-0.15, -0.1) is 0 Å². The fourth-order valence-corrected chi connectivity index (χ4v) is 3.23. The number of nitrogens with one attached hydrogen (secondary N) is 1. The standard InChI is InChI=1S/C17H20ClNO4S/c1-3-22-14-4-6-15(7-5-14)23-11-10-19-24(20,21)16-8-9-17(18)13(2)12-16/h4-9,12,19H,3,10-11H2,1-2H3. The quantitative estimate of drug-likeness (QED) is 0.724. The lowest BCUT2D eigenvalue weighted by molar-refractivity contribution is 0.319. The molecule has 0 heterocycles. The number of benzene rings is 2. The number of rotatable bonds is 8. The number of sulfonamides is 1. The molecule has 1 N–H and O–H groups in total. The second-order valence-electron chi connectivity index (χ2n) is 5.06. The van der Waals surface area contributed by atoms with Gasteiger partial charge in [0.1, 0.15) is 18.1 Å². The summed E-state index contributed by atoms with van der Waals surface area (Å²) in [5, 5.41) is 0.535. The van der Waals surface area contributed by atoms with Crippen LogP contribution in [0.4, 0.5) is 0 Å². The van der Waals surface area contributed by atoms with Crippen molar-refractivity contribution in [1.82, 2.24) is 4.72 Å². The van der Waals surface area contributed by atoms with Gasteiger partial charge in [0, 0.05) is 11.6 Å². The van der Waals surface area contributed by atoms with E-state index in [-0.39, 0.29) is 18.0 Å². The molecule has 0 spiro atoms. The van der Waals surface area contributed by atoms with Crippen LogP contribution in [0.1, 0.15) is 12.5 Å². The SMILES string of the molecule is CCOc1ccc(OCCNS(=O)(=O)c2ccc(Cl)c(C)c2)cc1. The summed E-state index contributed by atoms with van der Waals surface area (Å²) in [5.74, 6) is 1.42. The number of halogens is 1. The first-order chi connectivity index (χ1) is 11.4. The van der Waals surface area contributed by atoms with Crippen LogP contribution in [0.5, 0.6) is 11.5 Å². The minimum absolute atomic E-state index is 0.164. The molecule has 0 atom stereocenters. The molecule has 0 aliphatic carbocycles. The average Bonchev–Trinajstić information content (AvgIpc) is 2.56. The molecule has 0 aromatic heterocycles. The smallest absolute Gasteiger partial charge is 0.240 e. The van der Waals surface area contributed by atoms with Crippen LogP contribution in [-0.4, -0.2) is 28.2 Å². The van der Waals surface area contributed by atoms with Gasteiger partial charge in [0.05, 0.1) is 11.5 Å². The molecule has 24 heavy (non-hydrogen) atoms. The van der Waals surface area contributed by atoms with Gasteiger partial charge >= 0.3 is 0 Å². The molecule has 7 heteroatoms. The van der Waals surface area contributed by atoms with E-state index in [1.807, 2.05) is 6.92 Å². The van der Waals surface area contributed by atoms with Gasteiger partial charge in [-0.1, -0.05) is 11.6 Å². The highest BCUT2D eigenvalue weighted by atomic mass is 35.5. The Hall–Kier alpha value is -1.76. The molecular formula is C17H20ClNO4S. The van der Waals surface area contributed by atoms with Crippen LogP contribution in [0.3, 0.4) is 0 Å². The van der Waals surface area contributed by atoms with E-state index in [9.17, 15) is 8.42 Å². The van der Waals surface area contributed by atoms with E-state index in [1.54, 1.807) is 37.3 Å². The van der Waals surface area contributed by atoms with Crippen LogP contribution < -0.4 is 14.2 Å². The molecule has 0 fully saturated rings. The van der Waals surface area contributed by atoms with Gasteiger partial charge in [-0.25, -0.2) is 13.1 Å². The van der Waals surface area contributed by atoms with Gasteiger partial charge in [0.15, 0.2) is 0 Å². The minimum atomic E-state index is -3.58. The van der Waals surface area contributed by atoms with Gasteiger partial charge in [-0.05, 0) is 61.9 Å². The number of aryl methyl sites for hydroxylation is 1. The highest BCUT2D eigenvalue weighted by Gasteiger charge is 2.14. The van der Waals surface area contributed by atoms with Crippen molar-refractivity contribution in [3.05, 3.63) is 53.1 Å². The Bertz CT molecular complexity index is 776. The lowest BCUT2D eigenvalue weighted by Crippen LogP contribution is -2.28. The second-order valence-corrected chi connectivity index (χ2v) is 7.24. The molecule has 0 amide bonds. The van der Waals surface area contributed by atoms with Gasteiger partial charge in [0.25, 0.3) is 0 Å². The Labute approximate surface area is 147 Å². The Morgan fingerprint density at radius 1 is 1.04 bits per heavy atom. The van der Waals surface area contributed by atoms with Gasteiger partial charge in [0.2, 0.25) is 10.0 Å². The third kappa shape index (κ3) is 5.12. The van der Waals surface area contributed by atoms with Crippen molar-refractivity contribution in [2.45, 2.75) is 18.7 Å². The predicted molar refractivity (Wildman–Crippen MR) is 94.5 cm³/mol. The number of hydrogen-bond acceptors (Lipinski definition) is 4. The van der Waals surface area contributed by atoms with Gasteiger partial charge in [-0.3, -0.25) is 0 Å². The van der Waals surface area contributed by atoms with E-state index < -0.39 is 10.0 Å². The third-order valence-corrected chi connectivity index (χ3v) is 5.12. The maximum Gasteiger partial charge on any atom is 0.240 e. The van der Waals surface area contributed by atoms with E-state index in [1.165, 1.54) is 12.1 Å². The highest BCUT2D eigenvalue weighted by Crippen LogP contribution is 2.19. The molecule has 2 aromatic rings. The van der Waals surface area contributed by atoms with Gasteiger partial charge < -0.3 is 9.47 Å². The zero-order chi connectivity index (χ0) is 17.6. The molecule has 130 valence electrons. The molecule has 0 bridgehead atoms. The van der Waals surface area contributed by atoms with E-state index in [0.717, 1.165) is 5.75 Å². The zero-order valence-electron chi connectivity index (χ0n) is 13.6. The van der Waals surface area contributed by atoms with Crippen LogP contribution in [0, 0.1) is 6.92 Å². The largest absolute Gasteiger partial charge is 0.494 e. The predicted octanol–water partition coefficient (Wildman–Crippen LogP) is 3.40. The van der Waals surface area contributed by atoms with Crippen molar-refractivity contribution >= 4 is 21.6 Å². The van der Waals surface area contributed by atoms with Crippen LogP contribution in [0.2, 0.25) is 5.02 Å². The topological polar surface area (TPSA) is 64.6 Å². The maximum atomic E-state index is 12.2. The Morgan fingerprint density at radius 2 is 1.67 bits per heavy atom. The monoisotopic (exact) mass is 369 g/mol. The molecule has 0 radical (unpaired) electrons. The molecule has 2 rings (SSSR count). The Morgan fingerprint density at radius 3 is 2.25 bits per heavy atom. The van der Waals surface area contributed by atoms with E-state index in [2.05, 4.69) is 4.72 Å². The minimum Gasteiger partial charge on any atom is -0.494 e. The fraction of sp³-hybridized carbons (Fsp3) is 0.294.